The van der Waals surface area contributed by atoms with E-state index in [9.17, 15) is 4.79 Å². The molecule has 0 saturated heterocycles. The molecular weight excluding hydrogens is 349 g/mol. The van der Waals surface area contributed by atoms with Gasteiger partial charge in [0.2, 0.25) is 0 Å². The normalized spacial score (nSPS) is 10.3. The van der Waals surface area contributed by atoms with E-state index in [-0.39, 0.29) is 5.91 Å². The highest BCUT2D eigenvalue weighted by Crippen LogP contribution is 2.26. The second kappa shape index (κ2) is 6.42. The van der Waals surface area contributed by atoms with E-state index in [1.54, 1.807) is 24.3 Å². The van der Waals surface area contributed by atoms with Crippen molar-refractivity contribution in [3.8, 4) is 0 Å². The van der Waals surface area contributed by atoms with Crippen LogP contribution in [0, 0.1) is 0 Å². The third kappa shape index (κ3) is 3.72. The molecule has 0 aliphatic carbocycles. The Kier molecular flexibility index (Phi) is 4.86. The Labute approximate surface area is 129 Å². The number of halogens is 3. The number of nitrogens with one attached hydrogen (secondary N) is 1. The van der Waals surface area contributed by atoms with Crippen molar-refractivity contribution in [1.82, 2.24) is 0 Å². The lowest BCUT2D eigenvalue weighted by molar-refractivity contribution is 0.102. The SMILES string of the molecule is O=C(Nc1cc(Br)ccc1Cl)c1ccc(CCl)cc1. The number of benzene rings is 2. The van der Waals surface area contributed by atoms with Crippen molar-refractivity contribution < 1.29 is 4.79 Å². The summed E-state index contributed by atoms with van der Waals surface area (Å²) in [6, 6.07) is 12.4. The highest BCUT2D eigenvalue weighted by atomic mass is 79.9. The van der Waals surface area contributed by atoms with Crippen molar-refractivity contribution in [3.05, 3.63) is 63.1 Å². The molecule has 0 bridgehead atoms. The van der Waals surface area contributed by atoms with Crippen molar-refractivity contribution in [3.63, 3.8) is 0 Å². The van der Waals surface area contributed by atoms with Crippen molar-refractivity contribution in [2.45, 2.75) is 5.88 Å². The van der Waals surface area contributed by atoms with E-state index in [1.807, 2.05) is 18.2 Å². The highest BCUT2D eigenvalue weighted by molar-refractivity contribution is 9.10. The number of anilines is 1. The number of alkyl halides is 1. The number of carbonyl (C=O) groups excluding carboxylic acids is 1. The van der Waals surface area contributed by atoms with Gasteiger partial charge in [-0.3, -0.25) is 4.79 Å². The molecule has 2 aromatic rings. The Hall–Kier alpha value is -1.03. The van der Waals surface area contributed by atoms with Crippen molar-refractivity contribution in [2.75, 3.05) is 5.32 Å². The maximum absolute atomic E-state index is 12.1. The monoisotopic (exact) mass is 357 g/mol. The molecule has 0 saturated carbocycles. The molecule has 0 heterocycles. The second-order valence-corrected chi connectivity index (χ2v) is 5.50. The van der Waals surface area contributed by atoms with E-state index in [1.165, 1.54) is 0 Å². The maximum Gasteiger partial charge on any atom is 0.255 e. The third-order valence-electron chi connectivity index (χ3n) is 2.55. The Morgan fingerprint density at radius 3 is 2.47 bits per heavy atom. The summed E-state index contributed by atoms with van der Waals surface area (Å²) in [4.78, 5) is 12.1. The summed E-state index contributed by atoms with van der Waals surface area (Å²) in [5.74, 6) is 0.223. The first-order valence-electron chi connectivity index (χ1n) is 5.51. The first-order chi connectivity index (χ1) is 9.10. The summed E-state index contributed by atoms with van der Waals surface area (Å²) in [6.45, 7) is 0. The molecular formula is C14H10BrCl2NO. The summed E-state index contributed by atoms with van der Waals surface area (Å²) in [5.41, 5.74) is 2.10. The largest absolute Gasteiger partial charge is 0.321 e. The highest BCUT2D eigenvalue weighted by Gasteiger charge is 2.08. The smallest absolute Gasteiger partial charge is 0.255 e. The lowest BCUT2D eigenvalue weighted by Crippen LogP contribution is -2.12. The van der Waals surface area contributed by atoms with Crippen LogP contribution in [0.3, 0.4) is 0 Å². The molecule has 5 heteroatoms. The fourth-order valence-corrected chi connectivity index (χ4v) is 2.24. The lowest BCUT2D eigenvalue weighted by atomic mass is 10.1. The number of rotatable bonds is 3. The predicted octanol–water partition coefficient (Wildman–Crippen LogP) is 5.09. The van der Waals surface area contributed by atoms with Crippen molar-refractivity contribution in [1.29, 1.82) is 0 Å². The van der Waals surface area contributed by atoms with Crippen LogP contribution in [0.5, 0.6) is 0 Å². The zero-order valence-electron chi connectivity index (χ0n) is 9.79. The molecule has 0 unspecified atom stereocenters. The molecule has 2 aromatic carbocycles. The van der Waals surface area contributed by atoms with Gasteiger partial charge < -0.3 is 5.32 Å². The molecule has 2 nitrogen and oxygen atoms in total. The quantitative estimate of drug-likeness (QED) is 0.760. The standard InChI is InChI=1S/C14H10BrCl2NO/c15-11-5-6-12(17)13(7-11)18-14(19)10-3-1-9(8-16)2-4-10/h1-7H,8H2,(H,18,19). The average Bonchev–Trinajstić information content (AvgIpc) is 2.43. The number of hydrogen-bond acceptors (Lipinski definition) is 1. The summed E-state index contributed by atoms with van der Waals surface area (Å²) in [5, 5.41) is 3.27. The van der Waals surface area contributed by atoms with Crippen molar-refractivity contribution in [2.24, 2.45) is 0 Å². The van der Waals surface area contributed by atoms with Crippen LogP contribution in [-0.2, 0) is 5.88 Å². The van der Waals surface area contributed by atoms with Crippen LogP contribution in [0.2, 0.25) is 5.02 Å². The number of amides is 1. The van der Waals surface area contributed by atoms with Gasteiger partial charge in [0.05, 0.1) is 10.7 Å². The summed E-state index contributed by atoms with van der Waals surface area (Å²) >= 11 is 15.1. The van der Waals surface area contributed by atoms with Crippen LogP contribution in [0.1, 0.15) is 15.9 Å². The average molecular weight is 359 g/mol. The molecule has 0 aromatic heterocycles. The van der Waals surface area contributed by atoms with Gasteiger partial charge in [0.25, 0.3) is 5.91 Å². The molecule has 0 fully saturated rings. The van der Waals surface area contributed by atoms with E-state index >= 15 is 0 Å². The fourth-order valence-electron chi connectivity index (χ4n) is 1.53. The van der Waals surface area contributed by atoms with Gasteiger partial charge in [0.1, 0.15) is 0 Å². The van der Waals surface area contributed by atoms with E-state index in [0.717, 1.165) is 10.0 Å². The van der Waals surface area contributed by atoms with Gasteiger partial charge in [-0.15, -0.1) is 11.6 Å². The first-order valence-corrected chi connectivity index (χ1v) is 7.22. The van der Waals surface area contributed by atoms with Gasteiger partial charge in [-0.05, 0) is 35.9 Å². The summed E-state index contributed by atoms with van der Waals surface area (Å²) in [6.07, 6.45) is 0. The van der Waals surface area contributed by atoms with Crippen molar-refractivity contribution >= 4 is 50.7 Å². The van der Waals surface area contributed by atoms with Crippen LogP contribution >= 0.6 is 39.1 Å². The van der Waals surface area contributed by atoms with Gasteiger partial charge in [-0.2, -0.15) is 0 Å². The zero-order valence-corrected chi connectivity index (χ0v) is 12.9. The Morgan fingerprint density at radius 1 is 1.16 bits per heavy atom. The van der Waals surface area contributed by atoms with E-state index < -0.39 is 0 Å². The Morgan fingerprint density at radius 2 is 1.84 bits per heavy atom. The van der Waals surface area contributed by atoms with Crippen LogP contribution in [0.25, 0.3) is 0 Å². The van der Waals surface area contributed by atoms with Gasteiger partial charge in [-0.1, -0.05) is 39.7 Å². The van der Waals surface area contributed by atoms with E-state index in [4.69, 9.17) is 23.2 Å². The van der Waals surface area contributed by atoms with E-state index in [0.29, 0.717) is 22.2 Å². The summed E-state index contributed by atoms with van der Waals surface area (Å²) in [7, 11) is 0. The third-order valence-corrected chi connectivity index (χ3v) is 3.68. The molecule has 98 valence electrons. The van der Waals surface area contributed by atoms with Gasteiger partial charge in [0.15, 0.2) is 0 Å². The van der Waals surface area contributed by atoms with Crippen LogP contribution in [0.15, 0.2) is 46.9 Å². The number of carbonyl (C=O) groups is 1. The predicted molar refractivity (Wildman–Crippen MR) is 83.1 cm³/mol. The maximum atomic E-state index is 12.1. The lowest BCUT2D eigenvalue weighted by Gasteiger charge is -2.08. The second-order valence-electron chi connectivity index (χ2n) is 3.91. The fraction of sp³-hybridized carbons (Fsp3) is 0.0714. The Bertz CT molecular complexity index is 599. The molecule has 1 amide bonds. The summed E-state index contributed by atoms with van der Waals surface area (Å²) < 4.78 is 0.852. The van der Waals surface area contributed by atoms with Gasteiger partial charge >= 0.3 is 0 Å². The molecule has 1 N–H and O–H groups in total. The molecule has 19 heavy (non-hydrogen) atoms. The molecule has 0 aliphatic rings. The molecule has 0 atom stereocenters. The number of hydrogen-bond donors (Lipinski definition) is 1. The topological polar surface area (TPSA) is 29.1 Å². The minimum absolute atomic E-state index is 0.207. The minimum Gasteiger partial charge on any atom is -0.321 e. The van der Waals surface area contributed by atoms with Gasteiger partial charge in [-0.25, -0.2) is 0 Å². The zero-order chi connectivity index (χ0) is 13.8. The molecule has 0 aliphatic heterocycles. The van der Waals surface area contributed by atoms with E-state index in [2.05, 4.69) is 21.2 Å². The molecule has 2 rings (SSSR count). The van der Waals surface area contributed by atoms with Crippen LogP contribution < -0.4 is 5.32 Å². The molecule has 0 spiro atoms. The van der Waals surface area contributed by atoms with Crippen LogP contribution in [-0.4, -0.2) is 5.91 Å². The minimum atomic E-state index is -0.207. The van der Waals surface area contributed by atoms with Gasteiger partial charge in [0, 0.05) is 15.9 Å². The first kappa shape index (κ1) is 14.4. The molecule has 0 radical (unpaired) electrons. The van der Waals surface area contributed by atoms with Crippen LogP contribution in [0.4, 0.5) is 5.69 Å². The Balaban J connectivity index is 2.18.